The summed E-state index contributed by atoms with van der Waals surface area (Å²) >= 11 is 0. The zero-order valence-corrected chi connectivity index (χ0v) is 9.71. The van der Waals surface area contributed by atoms with E-state index in [1.54, 1.807) is 0 Å². The molecule has 0 aromatic heterocycles. The number of hydrogen-bond donors (Lipinski definition) is 2. The van der Waals surface area contributed by atoms with Crippen LogP contribution in [0.4, 0.5) is 0 Å². The molecule has 0 radical (unpaired) electrons. The average Bonchev–Trinajstić information content (AvgIpc) is 2.18. The predicted molar refractivity (Wildman–Crippen MR) is 59.7 cm³/mol. The van der Waals surface area contributed by atoms with Gasteiger partial charge in [0.25, 0.3) is 0 Å². The van der Waals surface area contributed by atoms with Crippen molar-refractivity contribution < 1.29 is 9.53 Å². The lowest BCUT2D eigenvalue weighted by Gasteiger charge is -2.23. The second kappa shape index (κ2) is 6.80. The van der Waals surface area contributed by atoms with E-state index in [1.807, 2.05) is 13.8 Å². The zero-order valence-electron chi connectivity index (χ0n) is 9.71. The molecule has 0 saturated carbocycles. The van der Waals surface area contributed by atoms with E-state index in [2.05, 4.69) is 10.6 Å². The Bertz CT molecular complexity index is 189. The van der Waals surface area contributed by atoms with E-state index in [-0.39, 0.29) is 18.6 Å². The van der Waals surface area contributed by atoms with Crippen LogP contribution in [0.15, 0.2) is 0 Å². The highest BCUT2D eigenvalue weighted by atomic mass is 16.5. The van der Waals surface area contributed by atoms with Gasteiger partial charge in [0, 0.05) is 12.1 Å². The lowest BCUT2D eigenvalue weighted by atomic mass is 10.1. The SMILES string of the molecule is CC(C)NC(=O)COCC1CCCCN1. The normalized spacial score (nSPS) is 21.7. The van der Waals surface area contributed by atoms with E-state index in [0.29, 0.717) is 12.6 Å². The zero-order chi connectivity index (χ0) is 11.1. The van der Waals surface area contributed by atoms with Crippen LogP contribution in [0.25, 0.3) is 0 Å². The molecule has 1 amide bonds. The number of ether oxygens (including phenoxy) is 1. The Kier molecular flexibility index (Phi) is 5.65. The topological polar surface area (TPSA) is 50.4 Å². The number of carbonyl (C=O) groups excluding carboxylic acids is 1. The molecular weight excluding hydrogens is 192 g/mol. The van der Waals surface area contributed by atoms with E-state index in [1.165, 1.54) is 12.8 Å². The van der Waals surface area contributed by atoms with Crippen LogP contribution in [-0.4, -0.2) is 37.7 Å². The molecule has 2 N–H and O–H groups in total. The molecule has 4 nitrogen and oxygen atoms in total. The largest absolute Gasteiger partial charge is 0.370 e. The quantitative estimate of drug-likeness (QED) is 0.707. The van der Waals surface area contributed by atoms with E-state index in [0.717, 1.165) is 13.0 Å². The number of nitrogens with one attached hydrogen (secondary N) is 2. The highest BCUT2D eigenvalue weighted by Gasteiger charge is 2.13. The molecule has 0 spiro atoms. The Morgan fingerprint density at radius 2 is 2.33 bits per heavy atom. The minimum Gasteiger partial charge on any atom is -0.370 e. The standard InChI is InChI=1S/C11H22N2O2/c1-9(2)13-11(14)8-15-7-10-5-3-4-6-12-10/h9-10,12H,3-8H2,1-2H3,(H,13,14). The van der Waals surface area contributed by atoms with Crippen molar-refractivity contribution in [2.24, 2.45) is 0 Å². The van der Waals surface area contributed by atoms with Crippen LogP contribution in [0.5, 0.6) is 0 Å². The van der Waals surface area contributed by atoms with Crippen molar-refractivity contribution in [2.45, 2.75) is 45.2 Å². The third kappa shape index (κ3) is 5.74. The molecule has 0 bridgehead atoms. The fourth-order valence-corrected chi connectivity index (χ4v) is 1.72. The molecule has 1 unspecified atom stereocenters. The maximum absolute atomic E-state index is 11.2. The summed E-state index contributed by atoms with van der Waals surface area (Å²) in [5.41, 5.74) is 0. The summed E-state index contributed by atoms with van der Waals surface area (Å²) in [5.74, 6) is -0.0270. The van der Waals surface area contributed by atoms with Gasteiger partial charge in [-0.2, -0.15) is 0 Å². The van der Waals surface area contributed by atoms with Gasteiger partial charge in [0.15, 0.2) is 0 Å². The molecule has 1 heterocycles. The monoisotopic (exact) mass is 214 g/mol. The van der Waals surface area contributed by atoms with Crippen molar-refractivity contribution in [1.29, 1.82) is 0 Å². The van der Waals surface area contributed by atoms with Gasteiger partial charge in [-0.05, 0) is 33.2 Å². The van der Waals surface area contributed by atoms with Crippen LogP contribution >= 0.6 is 0 Å². The third-order valence-electron chi connectivity index (χ3n) is 2.41. The van der Waals surface area contributed by atoms with E-state index >= 15 is 0 Å². The summed E-state index contributed by atoms with van der Waals surface area (Å²) in [7, 11) is 0. The molecule has 1 saturated heterocycles. The molecule has 15 heavy (non-hydrogen) atoms. The number of carbonyl (C=O) groups is 1. The lowest BCUT2D eigenvalue weighted by Crippen LogP contribution is -2.39. The van der Waals surface area contributed by atoms with Crippen LogP contribution in [0.1, 0.15) is 33.1 Å². The summed E-state index contributed by atoms with van der Waals surface area (Å²) < 4.78 is 5.36. The van der Waals surface area contributed by atoms with Gasteiger partial charge in [-0.15, -0.1) is 0 Å². The van der Waals surface area contributed by atoms with Crippen molar-refractivity contribution in [3.63, 3.8) is 0 Å². The summed E-state index contributed by atoms with van der Waals surface area (Å²) in [6, 6.07) is 0.625. The van der Waals surface area contributed by atoms with Gasteiger partial charge < -0.3 is 15.4 Å². The van der Waals surface area contributed by atoms with Gasteiger partial charge in [-0.25, -0.2) is 0 Å². The van der Waals surface area contributed by atoms with Crippen LogP contribution in [0.2, 0.25) is 0 Å². The number of amides is 1. The Balaban J connectivity index is 2.02. The number of piperidine rings is 1. The van der Waals surface area contributed by atoms with Gasteiger partial charge in [-0.1, -0.05) is 6.42 Å². The van der Waals surface area contributed by atoms with Crippen molar-refractivity contribution in [1.82, 2.24) is 10.6 Å². The van der Waals surface area contributed by atoms with Crippen LogP contribution in [0, 0.1) is 0 Å². The highest BCUT2D eigenvalue weighted by Crippen LogP contribution is 2.06. The molecule has 1 aliphatic heterocycles. The highest BCUT2D eigenvalue weighted by molar-refractivity contribution is 5.77. The van der Waals surface area contributed by atoms with Crippen molar-refractivity contribution in [3.05, 3.63) is 0 Å². The van der Waals surface area contributed by atoms with Crippen molar-refractivity contribution >= 4 is 5.91 Å². The second-order valence-corrected chi connectivity index (χ2v) is 4.38. The minimum absolute atomic E-state index is 0.0270. The molecule has 1 aliphatic rings. The van der Waals surface area contributed by atoms with E-state index < -0.39 is 0 Å². The van der Waals surface area contributed by atoms with Gasteiger partial charge in [-0.3, -0.25) is 4.79 Å². The lowest BCUT2D eigenvalue weighted by molar-refractivity contribution is -0.126. The van der Waals surface area contributed by atoms with Gasteiger partial charge in [0.2, 0.25) is 5.91 Å². The molecule has 1 rings (SSSR count). The van der Waals surface area contributed by atoms with Crippen LogP contribution in [-0.2, 0) is 9.53 Å². The first kappa shape index (κ1) is 12.5. The molecule has 0 aliphatic carbocycles. The molecule has 4 heteroatoms. The Morgan fingerprint density at radius 3 is 2.93 bits per heavy atom. The van der Waals surface area contributed by atoms with E-state index in [4.69, 9.17) is 4.74 Å². The van der Waals surface area contributed by atoms with Gasteiger partial charge >= 0.3 is 0 Å². The van der Waals surface area contributed by atoms with Crippen molar-refractivity contribution in [3.8, 4) is 0 Å². The van der Waals surface area contributed by atoms with E-state index in [9.17, 15) is 4.79 Å². The Labute approximate surface area is 91.8 Å². The average molecular weight is 214 g/mol. The second-order valence-electron chi connectivity index (χ2n) is 4.38. The Hall–Kier alpha value is -0.610. The first-order chi connectivity index (χ1) is 7.18. The minimum atomic E-state index is -0.0270. The van der Waals surface area contributed by atoms with Crippen LogP contribution < -0.4 is 10.6 Å². The van der Waals surface area contributed by atoms with Gasteiger partial charge in [0.05, 0.1) is 6.61 Å². The first-order valence-electron chi connectivity index (χ1n) is 5.79. The first-order valence-corrected chi connectivity index (χ1v) is 5.79. The van der Waals surface area contributed by atoms with Crippen LogP contribution in [0.3, 0.4) is 0 Å². The molecule has 1 fully saturated rings. The fourth-order valence-electron chi connectivity index (χ4n) is 1.72. The summed E-state index contributed by atoms with van der Waals surface area (Å²) in [4.78, 5) is 11.2. The Morgan fingerprint density at radius 1 is 1.53 bits per heavy atom. The molecular formula is C11H22N2O2. The number of rotatable bonds is 5. The maximum Gasteiger partial charge on any atom is 0.246 e. The van der Waals surface area contributed by atoms with Crippen molar-refractivity contribution in [2.75, 3.05) is 19.8 Å². The molecule has 0 aromatic rings. The third-order valence-corrected chi connectivity index (χ3v) is 2.41. The summed E-state index contributed by atoms with van der Waals surface area (Å²) in [6.07, 6.45) is 3.68. The molecule has 88 valence electrons. The smallest absolute Gasteiger partial charge is 0.246 e. The summed E-state index contributed by atoms with van der Waals surface area (Å²) in [5, 5.41) is 6.17. The number of hydrogen-bond acceptors (Lipinski definition) is 3. The van der Waals surface area contributed by atoms with Gasteiger partial charge in [0.1, 0.15) is 6.61 Å². The fraction of sp³-hybridized carbons (Fsp3) is 0.909. The molecule has 0 aromatic carbocycles. The molecule has 1 atom stereocenters. The summed E-state index contributed by atoms with van der Waals surface area (Å²) in [6.45, 7) is 5.79. The predicted octanol–water partition coefficient (Wildman–Crippen LogP) is 0.670. The maximum atomic E-state index is 11.2.